The minimum absolute atomic E-state index is 0.103. The Bertz CT molecular complexity index is 1040. The van der Waals surface area contributed by atoms with E-state index in [0.29, 0.717) is 11.8 Å². The number of hydrogen-bond acceptors (Lipinski definition) is 3. The predicted molar refractivity (Wildman–Crippen MR) is 121 cm³/mol. The Kier molecular flexibility index (Phi) is 4.99. The number of pyridine rings is 1. The largest absolute Gasteiger partial charge is 0.344 e. The first-order valence-corrected chi connectivity index (χ1v) is 10.8. The summed E-state index contributed by atoms with van der Waals surface area (Å²) in [5, 5.41) is 3.23. The molecule has 3 aliphatic rings. The topological polar surface area (TPSA) is 45.2 Å². The highest BCUT2D eigenvalue weighted by molar-refractivity contribution is 5.92. The molecule has 1 amide bonds. The van der Waals surface area contributed by atoms with Crippen LogP contribution in [0.1, 0.15) is 29.5 Å². The number of likely N-dealkylation sites (tertiary alicyclic amines) is 1. The molecule has 3 heterocycles. The van der Waals surface area contributed by atoms with Crippen LogP contribution in [0.4, 0.5) is 5.82 Å². The molecule has 2 aliphatic heterocycles. The average molecular weight is 398 g/mol. The number of anilines is 1. The first-order chi connectivity index (χ1) is 14.6. The SMILES string of the molecule is C=C1CCc2cc(/C=C/C(=O)N3CC4C=C(Cc5ccccc5)CC4C3)cnc2N1. The van der Waals surface area contributed by atoms with Gasteiger partial charge in [0.25, 0.3) is 0 Å². The lowest BCUT2D eigenvalue weighted by Crippen LogP contribution is -2.27. The maximum Gasteiger partial charge on any atom is 0.246 e. The Morgan fingerprint density at radius 1 is 1.23 bits per heavy atom. The number of aromatic nitrogens is 1. The number of rotatable bonds is 4. The van der Waals surface area contributed by atoms with Crippen molar-refractivity contribution in [2.75, 3.05) is 18.4 Å². The van der Waals surface area contributed by atoms with E-state index in [1.165, 1.54) is 16.7 Å². The molecule has 2 unspecified atom stereocenters. The van der Waals surface area contributed by atoms with Gasteiger partial charge in [-0.15, -0.1) is 0 Å². The Hall–Kier alpha value is -3.14. The fourth-order valence-corrected chi connectivity index (χ4v) is 4.89. The third kappa shape index (κ3) is 3.95. The zero-order valence-corrected chi connectivity index (χ0v) is 17.2. The minimum Gasteiger partial charge on any atom is -0.344 e. The molecular formula is C26H27N3O. The number of amides is 1. The maximum absolute atomic E-state index is 12.7. The zero-order valence-electron chi connectivity index (χ0n) is 17.2. The first kappa shape index (κ1) is 18.9. The molecule has 0 radical (unpaired) electrons. The molecule has 1 fully saturated rings. The molecule has 0 bridgehead atoms. The number of carbonyl (C=O) groups is 1. The van der Waals surface area contributed by atoms with Gasteiger partial charge in [0, 0.05) is 31.1 Å². The third-order valence-corrected chi connectivity index (χ3v) is 6.45. The van der Waals surface area contributed by atoms with Gasteiger partial charge in [-0.2, -0.15) is 0 Å². The number of aryl methyl sites for hydroxylation is 1. The van der Waals surface area contributed by atoms with Crippen molar-refractivity contribution in [2.45, 2.75) is 25.7 Å². The highest BCUT2D eigenvalue weighted by Gasteiger charge is 2.37. The normalized spacial score (nSPS) is 22.6. The number of nitrogens with one attached hydrogen (secondary N) is 1. The molecule has 1 aliphatic carbocycles. The van der Waals surface area contributed by atoms with Crippen LogP contribution in [-0.4, -0.2) is 28.9 Å². The standard InChI is InChI=1S/C26H27N3O/c1-18-7-9-22-12-20(15-27-26(22)28-18)8-10-25(30)29-16-23-13-21(14-24(23)17-29)11-19-5-3-2-4-6-19/h2-6,8,10,12-13,15,23-24H,1,7,9,11,14,16-17H2,(H,27,28)/b10-8+. The van der Waals surface area contributed by atoms with Crippen molar-refractivity contribution in [1.29, 1.82) is 0 Å². The summed E-state index contributed by atoms with van der Waals surface area (Å²) < 4.78 is 0. The number of fused-ring (bicyclic) bond motifs is 2. The lowest BCUT2D eigenvalue weighted by Gasteiger charge is -2.19. The van der Waals surface area contributed by atoms with Crippen LogP contribution in [0, 0.1) is 11.8 Å². The number of carbonyl (C=O) groups excluding carboxylic acids is 1. The summed E-state index contributed by atoms with van der Waals surface area (Å²) in [4.78, 5) is 19.2. The van der Waals surface area contributed by atoms with Crippen molar-refractivity contribution in [3.63, 3.8) is 0 Å². The zero-order chi connectivity index (χ0) is 20.5. The highest BCUT2D eigenvalue weighted by Crippen LogP contribution is 2.38. The lowest BCUT2D eigenvalue weighted by atomic mass is 9.98. The van der Waals surface area contributed by atoms with E-state index in [4.69, 9.17) is 0 Å². The van der Waals surface area contributed by atoms with Crippen molar-refractivity contribution in [3.05, 3.63) is 89.3 Å². The van der Waals surface area contributed by atoms with E-state index >= 15 is 0 Å². The van der Waals surface area contributed by atoms with E-state index in [9.17, 15) is 4.79 Å². The number of nitrogens with zero attached hydrogens (tertiary/aromatic N) is 2. The second-order valence-corrected chi connectivity index (χ2v) is 8.70. The minimum atomic E-state index is 0.103. The molecule has 2 atom stereocenters. The van der Waals surface area contributed by atoms with E-state index in [1.54, 1.807) is 6.08 Å². The van der Waals surface area contributed by atoms with E-state index in [0.717, 1.165) is 55.9 Å². The van der Waals surface area contributed by atoms with Crippen LogP contribution in [-0.2, 0) is 17.6 Å². The van der Waals surface area contributed by atoms with Gasteiger partial charge < -0.3 is 10.2 Å². The van der Waals surface area contributed by atoms with Crippen LogP contribution < -0.4 is 5.32 Å². The molecule has 4 nitrogen and oxygen atoms in total. The van der Waals surface area contributed by atoms with Crippen molar-refractivity contribution in [1.82, 2.24) is 9.88 Å². The van der Waals surface area contributed by atoms with Gasteiger partial charge in [0.05, 0.1) is 0 Å². The van der Waals surface area contributed by atoms with Crippen molar-refractivity contribution < 1.29 is 4.79 Å². The van der Waals surface area contributed by atoms with Crippen LogP contribution in [0.15, 0.2) is 72.6 Å². The Labute approximate surface area is 178 Å². The van der Waals surface area contributed by atoms with Gasteiger partial charge in [-0.1, -0.05) is 48.6 Å². The number of allylic oxidation sites excluding steroid dienone is 2. The summed E-state index contributed by atoms with van der Waals surface area (Å²) in [6, 6.07) is 12.8. The van der Waals surface area contributed by atoms with Gasteiger partial charge in [-0.3, -0.25) is 4.79 Å². The summed E-state index contributed by atoms with van der Waals surface area (Å²) in [7, 11) is 0. The van der Waals surface area contributed by atoms with E-state index in [-0.39, 0.29) is 5.91 Å². The number of hydrogen-bond donors (Lipinski definition) is 1. The van der Waals surface area contributed by atoms with Crippen molar-refractivity contribution in [3.8, 4) is 0 Å². The summed E-state index contributed by atoms with van der Waals surface area (Å²) in [5.74, 6) is 2.07. The Balaban J connectivity index is 1.19. The van der Waals surface area contributed by atoms with Gasteiger partial charge in [-0.25, -0.2) is 4.98 Å². The molecule has 152 valence electrons. The van der Waals surface area contributed by atoms with Gasteiger partial charge in [0.1, 0.15) is 5.82 Å². The van der Waals surface area contributed by atoms with Crippen LogP contribution in [0.3, 0.4) is 0 Å². The highest BCUT2D eigenvalue weighted by atomic mass is 16.2. The van der Waals surface area contributed by atoms with Crippen LogP contribution in [0.5, 0.6) is 0 Å². The van der Waals surface area contributed by atoms with Crippen molar-refractivity contribution >= 4 is 17.8 Å². The molecular weight excluding hydrogens is 370 g/mol. The van der Waals surface area contributed by atoms with Gasteiger partial charge in [-0.05, 0) is 66.4 Å². The van der Waals surface area contributed by atoms with E-state index in [1.807, 2.05) is 17.2 Å². The van der Waals surface area contributed by atoms with Gasteiger partial charge in [0.15, 0.2) is 0 Å². The van der Waals surface area contributed by atoms with Crippen molar-refractivity contribution in [2.24, 2.45) is 11.8 Å². The summed E-state index contributed by atoms with van der Waals surface area (Å²) >= 11 is 0. The first-order valence-electron chi connectivity index (χ1n) is 10.8. The van der Waals surface area contributed by atoms with Gasteiger partial charge in [0.2, 0.25) is 5.91 Å². The summed E-state index contributed by atoms with van der Waals surface area (Å²) in [6.45, 7) is 5.66. The second-order valence-electron chi connectivity index (χ2n) is 8.70. The molecule has 0 saturated carbocycles. The third-order valence-electron chi connectivity index (χ3n) is 6.45. The molecule has 0 spiro atoms. The second kappa shape index (κ2) is 7.94. The maximum atomic E-state index is 12.7. The van der Waals surface area contributed by atoms with E-state index in [2.05, 4.69) is 59.4 Å². The molecule has 1 aromatic carbocycles. The smallest absolute Gasteiger partial charge is 0.246 e. The lowest BCUT2D eigenvalue weighted by molar-refractivity contribution is -0.125. The molecule has 1 N–H and O–H groups in total. The van der Waals surface area contributed by atoms with Crippen LogP contribution in [0.25, 0.3) is 6.08 Å². The van der Waals surface area contributed by atoms with E-state index < -0.39 is 0 Å². The number of benzene rings is 1. The molecule has 2 aromatic rings. The molecule has 4 heteroatoms. The fourth-order valence-electron chi connectivity index (χ4n) is 4.89. The molecule has 1 aromatic heterocycles. The molecule has 1 saturated heterocycles. The van der Waals surface area contributed by atoms with Crippen LogP contribution in [0.2, 0.25) is 0 Å². The summed E-state index contributed by atoms with van der Waals surface area (Å²) in [5.41, 5.74) is 6.06. The Morgan fingerprint density at radius 2 is 2.10 bits per heavy atom. The van der Waals surface area contributed by atoms with Crippen LogP contribution >= 0.6 is 0 Å². The molecule has 5 rings (SSSR count). The quantitative estimate of drug-likeness (QED) is 0.605. The summed E-state index contributed by atoms with van der Waals surface area (Å²) in [6.07, 6.45) is 11.8. The predicted octanol–water partition coefficient (Wildman–Crippen LogP) is 4.61. The fraction of sp³-hybridized carbons (Fsp3) is 0.308. The monoisotopic (exact) mass is 397 g/mol. The van der Waals surface area contributed by atoms with Gasteiger partial charge >= 0.3 is 0 Å². The average Bonchev–Trinajstić information content (AvgIpc) is 3.31. The molecule has 30 heavy (non-hydrogen) atoms. The Morgan fingerprint density at radius 3 is 2.93 bits per heavy atom.